The topological polar surface area (TPSA) is 46.6 Å². The van der Waals surface area contributed by atoms with Gasteiger partial charge in [-0.3, -0.25) is 4.79 Å². The van der Waals surface area contributed by atoms with E-state index in [4.69, 9.17) is 4.74 Å². The molecular formula is C17H19NO3. The number of allylic oxidation sites excluding steroid dienone is 1. The molecule has 1 aliphatic carbocycles. The quantitative estimate of drug-likeness (QED) is 0.796. The zero-order chi connectivity index (χ0) is 14.8. The van der Waals surface area contributed by atoms with E-state index >= 15 is 0 Å². The van der Waals surface area contributed by atoms with Crippen molar-refractivity contribution in [1.29, 1.82) is 0 Å². The zero-order valence-electron chi connectivity index (χ0n) is 12.1. The molecule has 2 aliphatic rings. The maximum Gasteiger partial charge on any atom is 0.415 e. The molecule has 1 heterocycles. The molecule has 0 radical (unpaired) electrons. The molecule has 1 saturated heterocycles. The number of hydrogen-bond acceptors (Lipinski definition) is 3. The van der Waals surface area contributed by atoms with Crippen LogP contribution in [0.2, 0.25) is 0 Å². The Bertz CT molecular complexity index is 579. The molecule has 2 atom stereocenters. The van der Waals surface area contributed by atoms with Crippen LogP contribution in [0.15, 0.2) is 42.0 Å². The Morgan fingerprint density at radius 3 is 2.81 bits per heavy atom. The second-order valence-corrected chi connectivity index (χ2v) is 5.80. The lowest BCUT2D eigenvalue weighted by Gasteiger charge is -2.39. The summed E-state index contributed by atoms with van der Waals surface area (Å²) in [6.45, 7) is 2.59. The van der Waals surface area contributed by atoms with Gasteiger partial charge in [0.15, 0.2) is 5.78 Å². The molecule has 3 rings (SSSR count). The Labute approximate surface area is 124 Å². The van der Waals surface area contributed by atoms with Gasteiger partial charge in [-0.25, -0.2) is 4.79 Å². The van der Waals surface area contributed by atoms with E-state index in [-0.39, 0.29) is 17.9 Å². The third-order valence-electron chi connectivity index (χ3n) is 4.19. The first-order valence-corrected chi connectivity index (χ1v) is 7.42. The fourth-order valence-electron chi connectivity index (χ4n) is 3.05. The smallest absolute Gasteiger partial charge is 0.410 e. The summed E-state index contributed by atoms with van der Waals surface area (Å²) < 4.78 is 5.42. The van der Waals surface area contributed by atoms with Crippen LogP contribution >= 0.6 is 0 Å². The summed E-state index contributed by atoms with van der Waals surface area (Å²) in [5.41, 5.74) is 0.796. The highest BCUT2D eigenvalue weighted by Gasteiger charge is 2.38. The molecule has 0 aromatic heterocycles. The standard InChI is InChI=1S/C17H19NO3/c1-12-7-8-14-15(11-12)18(10-9-16(14)19)17(20)21-13-5-3-2-4-6-13/h2-6,8,12,15H,7,9-11H2,1H3/t12-,15-/m0/s1. The van der Waals surface area contributed by atoms with Crippen molar-refractivity contribution in [3.8, 4) is 5.75 Å². The van der Waals surface area contributed by atoms with Gasteiger partial charge < -0.3 is 9.64 Å². The number of Topliss-reactive ketones (excluding diaryl/α,β-unsaturated/α-hetero) is 1. The number of ketones is 1. The van der Waals surface area contributed by atoms with Crippen molar-refractivity contribution in [2.75, 3.05) is 6.54 Å². The molecule has 0 spiro atoms. The summed E-state index contributed by atoms with van der Waals surface area (Å²) in [5.74, 6) is 1.20. The number of nitrogens with zero attached hydrogens (tertiary/aromatic N) is 1. The Morgan fingerprint density at radius 2 is 2.05 bits per heavy atom. The van der Waals surface area contributed by atoms with Crippen LogP contribution < -0.4 is 4.74 Å². The minimum Gasteiger partial charge on any atom is -0.410 e. The van der Waals surface area contributed by atoms with E-state index < -0.39 is 0 Å². The van der Waals surface area contributed by atoms with Crippen molar-refractivity contribution in [2.24, 2.45) is 5.92 Å². The van der Waals surface area contributed by atoms with E-state index in [1.54, 1.807) is 17.0 Å². The van der Waals surface area contributed by atoms with Crippen LogP contribution in [0.5, 0.6) is 5.75 Å². The van der Waals surface area contributed by atoms with Gasteiger partial charge in [-0.2, -0.15) is 0 Å². The van der Waals surface area contributed by atoms with Crippen molar-refractivity contribution in [3.63, 3.8) is 0 Å². The molecular weight excluding hydrogens is 266 g/mol. The summed E-state index contributed by atoms with van der Waals surface area (Å²) in [6.07, 6.45) is 3.78. The Balaban J connectivity index is 1.78. The SMILES string of the molecule is C[C@H]1CC=C2C(=O)CCN(C(=O)Oc3ccccc3)[C@H]2C1. The van der Waals surface area contributed by atoms with Gasteiger partial charge in [-0.05, 0) is 30.9 Å². The van der Waals surface area contributed by atoms with Crippen LogP contribution in [0, 0.1) is 5.92 Å². The first-order chi connectivity index (χ1) is 10.1. The monoisotopic (exact) mass is 285 g/mol. The van der Waals surface area contributed by atoms with Crippen LogP contribution in [-0.2, 0) is 4.79 Å². The maximum absolute atomic E-state index is 12.4. The second-order valence-electron chi connectivity index (χ2n) is 5.80. The molecule has 1 amide bonds. The van der Waals surface area contributed by atoms with Crippen molar-refractivity contribution in [3.05, 3.63) is 42.0 Å². The zero-order valence-corrected chi connectivity index (χ0v) is 12.1. The van der Waals surface area contributed by atoms with Gasteiger partial charge in [-0.1, -0.05) is 31.2 Å². The predicted octanol–water partition coefficient (Wildman–Crippen LogP) is 3.19. The normalized spacial score (nSPS) is 25.1. The second kappa shape index (κ2) is 5.72. The van der Waals surface area contributed by atoms with E-state index in [1.165, 1.54) is 0 Å². The molecule has 1 fully saturated rings. The Kier molecular flexibility index (Phi) is 3.78. The van der Waals surface area contributed by atoms with Gasteiger partial charge in [0, 0.05) is 18.5 Å². The number of carbonyl (C=O) groups excluding carboxylic acids is 2. The van der Waals surface area contributed by atoms with Crippen LogP contribution in [-0.4, -0.2) is 29.4 Å². The third kappa shape index (κ3) is 2.84. The minimum absolute atomic E-state index is 0.119. The van der Waals surface area contributed by atoms with E-state index in [0.29, 0.717) is 24.6 Å². The highest BCUT2D eigenvalue weighted by molar-refractivity contribution is 5.98. The molecule has 0 N–H and O–H groups in total. The number of likely N-dealkylation sites (tertiary alicyclic amines) is 1. The van der Waals surface area contributed by atoms with Gasteiger partial charge in [-0.15, -0.1) is 0 Å². The Hall–Kier alpha value is -2.10. The fourth-order valence-corrected chi connectivity index (χ4v) is 3.05. The number of carbonyl (C=O) groups is 2. The Morgan fingerprint density at radius 1 is 1.29 bits per heavy atom. The lowest BCUT2D eigenvalue weighted by molar-refractivity contribution is -0.118. The number of amides is 1. The molecule has 0 unspecified atom stereocenters. The van der Waals surface area contributed by atoms with Crippen molar-refractivity contribution < 1.29 is 14.3 Å². The molecule has 1 aromatic carbocycles. The van der Waals surface area contributed by atoms with Crippen LogP contribution in [0.25, 0.3) is 0 Å². The summed E-state index contributed by atoms with van der Waals surface area (Å²) in [4.78, 5) is 26.1. The van der Waals surface area contributed by atoms with Crippen LogP contribution in [0.3, 0.4) is 0 Å². The minimum atomic E-state index is -0.362. The lowest BCUT2D eigenvalue weighted by atomic mass is 9.81. The number of benzene rings is 1. The predicted molar refractivity (Wildman–Crippen MR) is 79.1 cm³/mol. The average molecular weight is 285 g/mol. The number of hydrogen-bond donors (Lipinski definition) is 0. The molecule has 1 aromatic rings. The van der Waals surface area contributed by atoms with Crippen molar-refractivity contribution in [2.45, 2.75) is 32.2 Å². The van der Waals surface area contributed by atoms with Gasteiger partial charge in [0.05, 0.1) is 6.04 Å². The number of rotatable bonds is 1. The first-order valence-electron chi connectivity index (χ1n) is 7.42. The van der Waals surface area contributed by atoms with Crippen molar-refractivity contribution >= 4 is 11.9 Å². The van der Waals surface area contributed by atoms with E-state index in [9.17, 15) is 9.59 Å². The highest BCUT2D eigenvalue weighted by Crippen LogP contribution is 2.32. The average Bonchev–Trinajstić information content (AvgIpc) is 2.48. The van der Waals surface area contributed by atoms with Gasteiger partial charge >= 0.3 is 6.09 Å². The molecule has 21 heavy (non-hydrogen) atoms. The van der Waals surface area contributed by atoms with E-state index in [2.05, 4.69) is 6.92 Å². The number of para-hydroxylation sites is 1. The van der Waals surface area contributed by atoms with E-state index in [1.807, 2.05) is 24.3 Å². The molecule has 0 bridgehead atoms. The summed E-state index contributed by atoms with van der Waals surface area (Å²) in [5, 5.41) is 0. The maximum atomic E-state index is 12.4. The number of ether oxygens (including phenoxy) is 1. The molecule has 110 valence electrons. The third-order valence-corrected chi connectivity index (χ3v) is 4.19. The summed E-state index contributed by atoms with van der Waals surface area (Å²) in [6, 6.07) is 8.93. The number of piperidine rings is 1. The molecule has 0 saturated carbocycles. The first kappa shape index (κ1) is 13.9. The number of fused-ring (bicyclic) bond motifs is 1. The van der Waals surface area contributed by atoms with Crippen LogP contribution in [0.4, 0.5) is 4.79 Å². The lowest BCUT2D eigenvalue weighted by Crippen LogP contribution is -2.50. The van der Waals surface area contributed by atoms with Crippen molar-refractivity contribution in [1.82, 2.24) is 4.90 Å². The molecule has 1 aliphatic heterocycles. The molecule has 4 heteroatoms. The van der Waals surface area contributed by atoms with Crippen LogP contribution in [0.1, 0.15) is 26.2 Å². The van der Waals surface area contributed by atoms with E-state index in [0.717, 1.165) is 18.4 Å². The van der Waals surface area contributed by atoms with Gasteiger partial charge in [0.1, 0.15) is 5.75 Å². The van der Waals surface area contributed by atoms with Gasteiger partial charge in [0.25, 0.3) is 0 Å². The molecule has 4 nitrogen and oxygen atoms in total. The fraction of sp³-hybridized carbons (Fsp3) is 0.412. The van der Waals surface area contributed by atoms with Gasteiger partial charge in [0.2, 0.25) is 0 Å². The largest absolute Gasteiger partial charge is 0.415 e. The highest BCUT2D eigenvalue weighted by atomic mass is 16.6. The summed E-state index contributed by atoms with van der Waals surface area (Å²) >= 11 is 0. The summed E-state index contributed by atoms with van der Waals surface area (Å²) in [7, 11) is 0.